The summed E-state index contributed by atoms with van der Waals surface area (Å²) in [5, 5.41) is 9.84. The first-order valence-corrected chi connectivity index (χ1v) is 4.85. The van der Waals surface area contributed by atoms with E-state index in [4.69, 9.17) is 0 Å². The summed E-state index contributed by atoms with van der Waals surface area (Å²) in [6.07, 6.45) is 2.22. The Morgan fingerprint density at radius 3 is 3.00 bits per heavy atom. The topological polar surface area (TPSA) is 37.5 Å². The van der Waals surface area contributed by atoms with Crippen molar-refractivity contribution in [2.45, 2.75) is 26.4 Å². The van der Waals surface area contributed by atoms with Crippen molar-refractivity contribution in [3.05, 3.63) is 35.8 Å². The number of hydrogen-bond acceptors (Lipinski definition) is 2. The fraction of sp³-hybridized carbons (Fsp3) is 0.364. The Morgan fingerprint density at radius 2 is 2.29 bits per heavy atom. The minimum Gasteiger partial charge on any atom is -0.387 e. The van der Waals surface area contributed by atoms with Crippen molar-refractivity contribution >= 4 is 5.65 Å². The first-order chi connectivity index (χ1) is 6.74. The lowest BCUT2D eigenvalue weighted by molar-refractivity contribution is 0.167. The van der Waals surface area contributed by atoms with Crippen LogP contribution in [0.3, 0.4) is 0 Å². The third-order valence-corrected chi connectivity index (χ3v) is 2.45. The van der Waals surface area contributed by atoms with Crippen molar-refractivity contribution in [2.75, 3.05) is 0 Å². The number of imidazole rings is 1. The molecule has 0 amide bonds. The van der Waals surface area contributed by atoms with Gasteiger partial charge in [-0.1, -0.05) is 13.0 Å². The van der Waals surface area contributed by atoms with Gasteiger partial charge in [-0.25, -0.2) is 4.98 Å². The van der Waals surface area contributed by atoms with Gasteiger partial charge in [0, 0.05) is 6.20 Å². The summed E-state index contributed by atoms with van der Waals surface area (Å²) < 4.78 is 1.95. The summed E-state index contributed by atoms with van der Waals surface area (Å²) in [5.74, 6) is 0. The number of aryl methyl sites for hydroxylation is 1. The molecule has 0 bridgehead atoms. The lowest BCUT2D eigenvalue weighted by Crippen LogP contribution is -2.01. The van der Waals surface area contributed by atoms with Crippen LogP contribution in [0.5, 0.6) is 0 Å². The zero-order valence-corrected chi connectivity index (χ0v) is 8.44. The molecule has 0 aliphatic carbocycles. The molecule has 1 unspecified atom stereocenters. The minimum atomic E-state index is -0.424. The number of aliphatic hydroxyl groups excluding tert-OH is 1. The summed E-state index contributed by atoms with van der Waals surface area (Å²) in [7, 11) is 0. The van der Waals surface area contributed by atoms with Crippen LogP contribution in [-0.2, 0) is 0 Å². The van der Waals surface area contributed by atoms with Gasteiger partial charge in [-0.2, -0.15) is 0 Å². The number of nitrogens with zero attached hydrogens (tertiary/aromatic N) is 2. The Bertz CT molecular complexity index is 447. The molecular weight excluding hydrogens is 176 g/mol. The van der Waals surface area contributed by atoms with E-state index >= 15 is 0 Å². The van der Waals surface area contributed by atoms with Crippen molar-refractivity contribution < 1.29 is 5.11 Å². The summed E-state index contributed by atoms with van der Waals surface area (Å²) in [6, 6.07) is 5.84. The van der Waals surface area contributed by atoms with Gasteiger partial charge in [0.1, 0.15) is 5.65 Å². The van der Waals surface area contributed by atoms with E-state index in [1.807, 2.05) is 42.6 Å². The SMILES string of the molecule is CCC(O)c1c(C)nc2ccccn12. The summed E-state index contributed by atoms with van der Waals surface area (Å²) in [5.41, 5.74) is 2.71. The van der Waals surface area contributed by atoms with Crippen LogP contribution in [0.2, 0.25) is 0 Å². The van der Waals surface area contributed by atoms with E-state index in [1.54, 1.807) is 0 Å². The van der Waals surface area contributed by atoms with Crippen LogP contribution < -0.4 is 0 Å². The Kier molecular flexibility index (Phi) is 2.25. The molecule has 3 nitrogen and oxygen atoms in total. The van der Waals surface area contributed by atoms with E-state index in [0.717, 1.165) is 17.0 Å². The predicted octanol–water partition coefficient (Wildman–Crippen LogP) is 2.09. The molecular formula is C11H14N2O. The number of aliphatic hydroxyl groups is 1. The second-order valence-corrected chi connectivity index (χ2v) is 3.44. The fourth-order valence-electron chi connectivity index (χ4n) is 1.73. The third-order valence-electron chi connectivity index (χ3n) is 2.45. The molecule has 0 saturated carbocycles. The van der Waals surface area contributed by atoms with E-state index < -0.39 is 6.10 Å². The van der Waals surface area contributed by atoms with Crippen molar-refractivity contribution in [1.29, 1.82) is 0 Å². The highest BCUT2D eigenvalue weighted by Gasteiger charge is 2.14. The van der Waals surface area contributed by atoms with Gasteiger partial charge in [0.2, 0.25) is 0 Å². The second-order valence-electron chi connectivity index (χ2n) is 3.44. The molecule has 0 fully saturated rings. The van der Waals surface area contributed by atoms with E-state index in [0.29, 0.717) is 6.42 Å². The average molecular weight is 190 g/mol. The number of pyridine rings is 1. The lowest BCUT2D eigenvalue weighted by Gasteiger charge is -2.08. The summed E-state index contributed by atoms with van der Waals surface area (Å²) in [6.45, 7) is 3.90. The van der Waals surface area contributed by atoms with Gasteiger partial charge in [0.25, 0.3) is 0 Å². The lowest BCUT2D eigenvalue weighted by atomic mass is 10.2. The molecule has 2 aromatic rings. The van der Waals surface area contributed by atoms with Crippen LogP contribution in [0.4, 0.5) is 0 Å². The highest BCUT2D eigenvalue weighted by molar-refractivity contribution is 5.43. The van der Waals surface area contributed by atoms with Crippen molar-refractivity contribution in [3.63, 3.8) is 0 Å². The molecule has 0 aliphatic heterocycles. The maximum Gasteiger partial charge on any atom is 0.137 e. The van der Waals surface area contributed by atoms with Gasteiger partial charge in [-0.15, -0.1) is 0 Å². The zero-order chi connectivity index (χ0) is 10.1. The van der Waals surface area contributed by atoms with Crippen LogP contribution in [-0.4, -0.2) is 14.5 Å². The van der Waals surface area contributed by atoms with Gasteiger partial charge >= 0.3 is 0 Å². The van der Waals surface area contributed by atoms with Gasteiger partial charge in [-0.3, -0.25) is 0 Å². The van der Waals surface area contributed by atoms with Gasteiger partial charge in [0.15, 0.2) is 0 Å². The molecule has 0 radical (unpaired) electrons. The van der Waals surface area contributed by atoms with Crippen LogP contribution >= 0.6 is 0 Å². The predicted molar refractivity (Wildman–Crippen MR) is 55.2 cm³/mol. The molecule has 2 heterocycles. The summed E-state index contributed by atoms with van der Waals surface area (Å²) >= 11 is 0. The molecule has 74 valence electrons. The third kappa shape index (κ3) is 1.30. The maximum absolute atomic E-state index is 9.84. The van der Waals surface area contributed by atoms with Crippen LogP contribution in [0.25, 0.3) is 5.65 Å². The summed E-state index contributed by atoms with van der Waals surface area (Å²) in [4.78, 5) is 4.39. The van der Waals surface area contributed by atoms with Crippen LogP contribution in [0.1, 0.15) is 30.8 Å². The van der Waals surface area contributed by atoms with Crippen molar-refractivity contribution in [3.8, 4) is 0 Å². The largest absolute Gasteiger partial charge is 0.387 e. The van der Waals surface area contributed by atoms with E-state index in [1.165, 1.54) is 0 Å². The smallest absolute Gasteiger partial charge is 0.137 e. The van der Waals surface area contributed by atoms with Crippen molar-refractivity contribution in [2.24, 2.45) is 0 Å². The standard InChI is InChI=1S/C11H14N2O/c1-3-9(14)11-8(2)12-10-6-4-5-7-13(10)11/h4-7,9,14H,3H2,1-2H3. The van der Waals surface area contributed by atoms with E-state index in [9.17, 15) is 5.11 Å². The van der Waals surface area contributed by atoms with Gasteiger partial charge < -0.3 is 9.51 Å². The van der Waals surface area contributed by atoms with E-state index in [-0.39, 0.29) is 0 Å². The molecule has 14 heavy (non-hydrogen) atoms. The molecule has 3 heteroatoms. The van der Waals surface area contributed by atoms with Crippen molar-refractivity contribution in [1.82, 2.24) is 9.38 Å². The maximum atomic E-state index is 9.84. The molecule has 1 N–H and O–H groups in total. The quantitative estimate of drug-likeness (QED) is 0.787. The van der Waals surface area contributed by atoms with Gasteiger partial charge in [0.05, 0.1) is 17.5 Å². The molecule has 0 aliphatic rings. The molecule has 2 rings (SSSR count). The highest BCUT2D eigenvalue weighted by atomic mass is 16.3. The fourth-order valence-corrected chi connectivity index (χ4v) is 1.73. The normalized spacial score (nSPS) is 13.4. The molecule has 2 aromatic heterocycles. The second kappa shape index (κ2) is 3.42. The Morgan fingerprint density at radius 1 is 1.50 bits per heavy atom. The highest BCUT2D eigenvalue weighted by Crippen LogP contribution is 2.21. The number of fused-ring (bicyclic) bond motifs is 1. The number of hydrogen-bond donors (Lipinski definition) is 1. The molecule has 0 aromatic carbocycles. The Labute approximate surface area is 83.0 Å². The number of aromatic nitrogens is 2. The molecule has 1 atom stereocenters. The van der Waals surface area contributed by atoms with Crippen LogP contribution in [0, 0.1) is 6.92 Å². The minimum absolute atomic E-state index is 0.424. The zero-order valence-electron chi connectivity index (χ0n) is 8.44. The first-order valence-electron chi connectivity index (χ1n) is 4.85. The number of rotatable bonds is 2. The monoisotopic (exact) mass is 190 g/mol. The Hall–Kier alpha value is -1.35. The molecule has 0 saturated heterocycles. The van der Waals surface area contributed by atoms with Gasteiger partial charge in [-0.05, 0) is 25.5 Å². The first kappa shape index (κ1) is 9.21. The average Bonchev–Trinajstić information content (AvgIpc) is 2.53. The van der Waals surface area contributed by atoms with E-state index in [2.05, 4.69) is 4.98 Å². The van der Waals surface area contributed by atoms with Crippen LogP contribution in [0.15, 0.2) is 24.4 Å². The Balaban J connectivity index is 2.67. The molecule has 0 spiro atoms.